The number of hydrogen-bond acceptors (Lipinski definition) is 4. The van der Waals surface area contributed by atoms with Gasteiger partial charge in [0, 0.05) is 12.0 Å². The van der Waals surface area contributed by atoms with Crippen LogP contribution >= 0.6 is 0 Å². The second kappa shape index (κ2) is 6.87. The van der Waals surface area contributed by atoms with Crippen LogP contribution in [0.1, 0.15) is 11.6 Å². The minimum absolute atomic E-state index is 0.335. The molecule has 0 saturated carbocycles. The van der Waals surface area contributed by atoms with Gasteiger partial charge in [-0.05, 0) is 5.56 Å². The SMILES string of the molecule is COC(=O)[C@H](Cc1ccccc1)n1cc(-c2ccccc2)nn1. The van der Waals surface area contributed by atoms with Gasteiger partial charge < -0.3 is 4.74 Å². The van der Waals surface area contributed by atoms with Crippen LogP contribution in [0.4, 0.5) is 0 Å². The van der Waals surface area contributed by atoms with Gasteiger partial charge in [0.05, 0.1) is 13.3 Å². The van der Waals surface area contributed by atoms with Crippen LogP contribution in [0, 0.1) is 0 Å². The van der Waals surface area contributed by atoms with Crippen LogP contribution in [0.25, 0.3) is 11.3 Å². The van der Waals surface area contributed by atoms with Gasteiger partial charge in [0.15, 0.2) is 6.04 Å². The lowest BCUT2D eigenvalue weighted by molar-refractivity contribution is -0.144. The standard InChI is InChI=1S/C18H17N3O2/c1-23-18(22)17(12-14-8-4-2-5-9-14)21-13-16(19-20-21)15-10-6-3-7-11-15/h2-11,13,17H,12H2,1H3/t17-/m0/s1. The maximum Gasteiger partial charge on any atom is 0.331 e. The van der Waals surface area contributed by atoms with E-state index in [4.69, 9.17) is 4.74 Å². The maximum atomic E-state index is 12.2. The number of hydrogen-bond donors (Lipinski definition) is 0. The molecule has 0 bridgehead atoms. The fraction of sp³-hybridized carbons (Fsp3) is 0.167. The van der Waals surface area contributed by atoms with Crippen molar-refractivity contribution in [3.63, 3.8) is 0 Å². The van der Waals surface area contributed by atoms with Crippen LogP contribution < -0.4 is 0 Å². The lowest BCUT2D eigenvalue weighted by Gasteiger charge is -2.14. The normalized spacial score (nSPS) is 11.9. The molecule has 0 N–H and O–H groups in total. The Morgan fingerprint density at radius 3 is 2.39 bits per heavy atom. The number of carbonyl (C=O) groups is 1. The van der Waals surface area contributed by atoms with Gasteiger partial charge in [-0.25, -0.2) is 9.48 Å². The molecule has 0 amide bonds. The minimum Gasteiger partial charge on any atom is -0.467 e. The monoisotopic (exact) mass is 307 g/mol. The molecule has 0 aliphatic carbocycles. The highest BCUT2D eigenvalue weighted by molar-refractivity contribution is 5.74. The highest BCUT2D eigenvalue weighted by atomic mass is 16.5. The number of nitrogens with zero attached hydrogens (tertiary/aromatic N) is 3. The number of benzene rings is 2. The van der Waals surface area contributed by atoms with E-state index >= 15 is 0 Å². The molecule has 0 radical (unpaired) electrons. The van der Waals surface area contributed by atoms with Crippen molar-refractivity contribution in [1.82, 2.24) is 15.0 Å². The van der Waals surface area contributed by atoms with Crippen molar-refractivity contribution < 1.29 is 9.53 Å². The molecule has 3 rings (SSSR count). The van der Waals surface area contributed by atoms with Gasteiger partial charge in [-0.15, -0.1) is 5.10 Å². The molecule has 0 aliphatic rings. The molecule has 116 valence electrons. The van der Waals surface area contributed by atoms with Crippen LogP contribution in [-0.2, 0) is 16.0 Å². The molecule has 1 heterocycles. The molecule has 1 atom stereocenters. The summed E-state index contributed by atoms with van der Waals surface area (Å²) in [5, 5.41) is 8.29. The lowest BCUT2D eigenvalue weighted by atomic mass is 10.1. The lowest BCUT2D eigenvalue weighted by Crippen LogP contribution is -2.23. The van der Waals surface area contributed by atoms with E-state index in [9.17, 15) is 4.79 Å². The Morgan fingerprint density at radius 2 is 1.74 bits per heavy atom. The Hall–Kier alpha value is -2.95. The second-order valence-electron chi connectivity index (χ2n) is 5.18. The van der Waals surface area contributed by atoms with E-state index in [1.54, 1.807) is 10.9 Å². The van der Waals surface area contributed by atoms with Crippen molar-refractivity contribution in [2.45, 2.75) is 12.5 Å². The highest BCUT2D eigenvalue weighted by Crippen LogP contribution is 2.20. The predicted octanol–water partition coefficient (Wildman–Crippen LogP) is 2.90. The highest BCUT2D eigenvalue weighted by Gasteiger charge is 2.23. The van der Waals surface area contributed by atoms with Gasteiger partial charge >= 0.3 is 5.97 Å². The van der Waals surface area contributed by atoms with Gasteiger partial charge in [0.2, 0.25) is 0 Å². The Morgan fingerprint density at radius 1 is 1.09 bits per heavy atom. The molecule has 0 unspecified atom stereocenters. The summed E-state index contributed by atoms with van der Waals surface area (Å²) in [6.45, 7) is 0. The van der Waals surface area contributed by atoms with Crippen molar-refractivity contribution in [3.8, 4) is 11.3 Å². The number of carbonyl (C=O) groups excluding carboxylic acids is 1. The molecule has 3 aromatic rings. The fourth-order valence-corrected chi connectivity index (χ4v) is 2.43. The summed E-state index contributed by atoms with van der Waals surface area (Å²) < 4.78 is 6.50. The first kappa shape index (κ1) is 15.0. The Kier molecular flexibility index (Phi) is 4.47. The van der Waals surface area contributed by atoms with Crippen LogP contribution in [0.5, 0.6) is 0 Å². The molecule has 23 heavy (non-hydrogen) atoms. The number of ether oxygens (including phenoxy) is 1. The molecule has 0 spiro atoms. The fourth-order valence-electron chi connectivity index (χ4n) is 2.43. The molecular weight excluding hydrogens is 290 g/mol. The maximum absolute atomic E-state index is 12.2. The molecule has 1 aromatic heterocycles. The molecule has 2 aromatic carbocycles. The zero-order valence-electron chi connectivity index (χ0n) is 12.8. The number of methoxy groups -OCH3 is 1. The van der Waals surface area contributed by atoms with Crippen LogP contribution in [0.3, 0.4) is 0 Å². The smallest absolute Gasteiger partial charge is 0.331 e. The molecule has 5 heteroatoms. The van der Waals surface area contributed by atoms with E-state index in [0.717, 1.165) is 16.8 Å². The van der Waals surface area contributed by atoms with Crippen molar-refractivity contribution in [1.29, 1.82) is 0 Å². The molecular formula is C18H17N3O2. The van der Waals surface area contributed by atoms with Gasteiger partial charge in [-0.3, -0.25) is 0 Å². The average Bonchev–Trinajstić information content (AvgIpc) is 3.10. The summed E-state index contributed by atoms with van der Waals surface area (Å²) in [6.07, 6.45) is 2.28. The summed E-state index contributed by atoms with van der Waals surface area (Å²) >= 11 is 0. The topological polar surface area (TPSA) is 57.0 Å². The molecule has 0 fully saturated rings. The molecule has 0 saturated heterocycles. The number of rotatable bonds is 5. The zero-order chi connectivity index (χ0) is 16.1. The Bertz CT molecular complexity index is 769. The summed E-state index contributed by atoms with van der Waals surface area (Å²) in [6, 6.07) is 19.0. The Labute approximate surface area is 134 Å². The third-order valence-corrected chi connectivity index (χ3v) is 3.64. The van der Waals surface area contributed by atoms with Crippen molar-refractivity contribution in [2.75, 3.05) is 7.11 Å². The summed E-state index contributed by atoms with van der Waals surface area (Å²) in [7, 11) is 1.38. The average molecular weight is 307 g/mol. The van der Waals surface area contributed by atoms with Crippen LogP contribution in [-0.4, -0.2) is 28.1 Å². The van der Waals surface area contributed by atoms with Gasteiger partial charge in [-0.1, -0.05) is 65.9 Å². The largest absolute Gasteiger partial charge is 0.467 e. The van der Waals surface area contributed by atoms with E-state index < -0.39 is 6.04 Å². The van der Waals surface area contributed by atoms with Crippen molar-refractivity contribution >= 4 is 5.97 Å². The third kappa shape index (κ3) is 3.45. The Balaban J connectivity index is 1.89. The van der Waals surface area contributed by atoms with Gasteiger partial charge in [0.1, 0.15) is 5.69 Å². The quantitative estimate of drug-likeness (QED) is 0.680. The summed E-state index contributed by atoms with van der Waals surface area (Å²) in [5.41, 5.74) is 2.73. The number of aromatic nitrogens is 3. The predicted molar refractivity (Wildman–Crippen MR) is 86.7 cm³/mol. The van der Waals surface area contributed by atoms with Gasteiger partial charge in [0.25, 0.3) is 0 Å². The van der Waals surface area contributed by atoms with E-state index in [1.807, 2.05) is 60.7 Å². The zero-order valence-corrected chi connectivity index (χ0v) is 12.8. The molecule has 0 aliphatic heterocycles. The first-order valence-corrected chi connectivity index (χ1v) is 7.37. The first-order chi connectivity index (χ1) is 11.3. The van der Waals surface area contributed by atoms with Crippen molar-refractivity contribution in [3.05, 3.63) is 72.4 Å². The van der Waals surface area contributed by atoms with Crippen molar-refractivity contribution in [2.24, 2.45) is 0 Å². The first-order valence-electron chi connectivity index (χ1n) is 7.37. The minimum atomic E-state index is -0.535. The van der Waals surface area contributed by atoms with Crippen LogP contribution in [0.15, 0.2) is 66.9 Å². The van der Waals surface area contributed by atoms with E-state index in [2.05, 4.69) is 10.3 Å². The second-order valence-corrected chi connectivity index (χ2v) is 5.18. The van der Waals surface area contributed by atoms with Crippen LogP contribution in [0.2, 0.25) is 0 Å². The van der Waals surface area contributed by atoms with E-state index in [0.29, 0.717) is 6.42 Å². The molecule has 5 nitrogen and oxygen atoms in total. The number of esters is 1. The summed E-state index contributed by atoms with van der Waals surface area (Å²) in [4.78, 5) is 12.2. The van der Waals surface area contributed by atoms with Gasteiger partial charge in [-0.2, -0.15) is 0 Å². The van der Waals surface area contributed by atoms with E-state index in [1.165, 1.54) is 7.11 Å². The summed E-state index contributed by atoms with van der Waals surface area (Å²) in [5.74, 6) is -0.335. The van der Waals surface area contributed by atoms with E-state index in [-0.39, 0.29) is 5.97 Å². The third-order valence-electron chi connectivity index (χ3n) is 3.64.